The fraction of sp³-hybridized carbons (Fsp3) is 0.377. The fourth-order valence-electron chi connectivity index (χ4n) is 8.70. The van der Waals surface area contributed by atoms with Crippen molar-refractivity contribution in [2.45, 2.75) is 117 Å². The molecule has 0 spiro atoms. The molecular weight excluding hydrogens is 959 g/mol. The van der Waals surface area contributed by atoms with E-state index in [1.807, 2.05) is 24.3 Å². The molecule has 6 heteroatoms. The van der Waals surface area contributed by atoms with E-state index in [-0.39, 0.29) is 20.1 Å². The average Bonchev–Trinajstić information content (AvgIpc) is 3.83. The molecule has 1 saturated carbocycles. The Hall–Kier alpha value is -3.90. The Kier molecular flexibility index (Phi) is 13.9. The molecule has 4 aromatic heterocycles. The number of pyridine rings is 3. The molecule has 4 nitrogen and oxygen atoms in total. The number of hydrogen-bond donors (Lipinski definition) is 0. The van der Waals surface area contributed by atoms with E-state index in [1.165, 1.54) is 69.0 Å². The smallest absolute Gasteiger partial charge is 0.216 e. The van der Waals surface area contributed by atoms with Crippen LogP contribution in [-0.2, 0) is 32.9 Å². The monoisotopic (exact) mass is 1020 g/mol. The van der Waals surface area contributed by atoms with Gasteiger partial charge in [-0.3, -0.25) is 0 Å². The maximum absolute atomic E-state index is 6.22. The van der Waals surface area contributed by atoms with E-state index in [1.54, 1.807) is 0 Å². The second-order valence-corrected chi connectivity index (χ2v) is 29.8. The molecule has 0 aliphatic heterocycles. The van der Waals surface area contributed by atoms with Gasteiger partial charge >= 0.3 is 132 Å². The summed E-state index contributed by atoms with van der Waals surface area (Å²) in [4.78, 5) is 14.6. The van der Waals surface area contributed by atoms with Crippen molar-refractivity contribution in [2.75, 3.05) is 0 Å². The first-order valence-electron chi connectivity index (χ1n) is 21.3. The number of fused-ring (bicyclic) bond motifs is 3. The maximum atomic E-state index is 6.22. The predicted octanol–water partition coefficient (Wildman–Crippen LogP) is 14.0. The summed E-state index contributed by atoms with van der Waals surface area (Å²) in [5, 5.41) is 2.09. The zero-order valence-corrected chi connectivity index (χ0v) is 41.6. The van der Waals surface area contributed by atoms with Crippen molar-refractivity contribution in [3.63, 3.8) is 0 Å². The van der Waals surface area contributed by atoms with Crippen LogP contribution >= 0.6 is 0 Å². The van der Waals surface area contributed by atoms with Crippen LogP contribution in [0.15, 0.2) is 89.6 Å². The Labute approximate surface area is 369 Å². The van der Waals surface area contributed by atoms with Gasteiger partial charge in [-0.05, 0) is 84.7 Å². The van der Waals surface area contributed by atoms with Gasteiger partial charge in [0.2, 0.25) is 5.71 Å². The Balaban J connectivity index is 0.000000227. The summed E-state index contributed by atoms with van der Waals surface area (Å²) < 4.78 is 7.75. The topological polar surface area (TPSA) is 51.8 Å². The van der Waals surface area contributed by atoms with Gasteiger partial charge < -0.3 is 9.40 Å². The second kappa shape index (κ2) is 18.4. The minimum absolute atomic E-state index is 0. The predicted molar refractivity (Wildman–Crippen MR) is 248 cm³/mol. The first-order chi connectivity index (χ1) is 27.6. The SMILES string of the molecule is CC(C)(C)Cc1cc(-c2[c-]cccc2)nc[c]1[Ge]([CH3])([CH3])[CH3].Cc1ccc(C)c(-c2ccc3c(n2)oc2c[c-]c(-c4cc(CC5CCCC5)c(C(C)C)cn4)cc23)c1C.[Ir]. The van der Waals surface area contributed by atoms with Crippen LogP contribution in [0.5, 0.6) is 0 Å². The van der Waals surface area contributed by atoms with Gasteiger partial charge in [0.1, 0.15) is 0 Å². The van der Waals surface area contributed by atoms with Gasteiger partial charge in [0.05, 0.1) is 11.3 Å². The third-order valence-corrected chi connectivity index (χ3v) is 16.2. The zero-order valence-electron chi connectivity index (χ0n) is 37.1. The minimum atomic E-state index is -1.90. The van der Waals surface area contributed by atoms with Crippen LogP contribution in [0.3, 0.4) is 0 Å². The minimum Gasteiger partial charge on any atom is -0.486 e. The van der Waals surface area contributed by atoms with Crippen molar-refractivity contribution in [1.29, 1.82) is 0 Å². The molecule has 0 N–H and O–H groups in total. The van der Waals surface area contributed by atoms with Gasteiger partial charge in [0.25, 0.3) is 0 Å². The first kappa shape index (κ1) is 44.6. The van der Waals surface area contributed by atoms with Crippen molar-refractivity contribution >= 4 is 39.7 Å². The standard InChI is InChI=1S/C34H35N2O.C19H26GeN.Ir/c1-20(2)29-19-35-31(18-26(29)16-24-8-6-7-9-24)25-12-15-32-28(17-25)27-13-14-30(36-34(27)37-32)33-22(4)11-10-21(3)23(33)5;1-19(2,3)13-16-12-18(15-10-8-7-9-11-15)21-14-17(16)20(4,5)6;/h10-11,13-15,17-20,24H,6-9,16H2,1-5H3;7-10,12,14H,13H2,1-6H3;/q2*-1;. The molecule has 0 atom stereocenters. The Morgan fingerprint density at radius 2 is 1.47 bits per heavy atom. The van der Waals surface area contributed by atoms with Crippen LogP contribution in [-0.4, -0.2) is 28.2 Å². The number of hydrogen-bond acceptors (Lipinski definition) is 4. The molecule has 3 aromatic carbocycles. The first-order valence-corrected chi connectivity index (χ1v) is 28.7. The number of rotatable bonds is 8. The van der Waals surface area contributed by atoms with E-state index >= 15 is 0 Å². The summed E-state index contributed by atoms with van der Waals surface area (Å²) in [6, 6.07) is 32.2. The third-order valence-electron chi connectivity index (χ3n) is 11.9. The van der Waals surface area contributed by atoms with E-state index in [0.29, 0.717) is 17.0 Å². The molecule has 7 aromatic rings. The normalized spacial score (nSPS) is 13.5. The second-order valence-electron chi connectivity index (χ2n) is 19.2. The zero-order chi connectivity index (χ0) is 41.4. The summed E-state index contributed by atoms with van der Waals surface area (Å²) in [5.74, 6) is 8.60. The van der Waals surface area contributed by atoms with Crippen LogP contribution in [0.1, 0.15) is 99.6 Å². The summed E-state index contributed by atoms with van der Waals surface area (Å²) in [6.07, 6.45) is 11.9. The van der Waals surface area contributed by atoms with Crippen LogP contribution in [0.25, 0.3) is 55.8 Å². The molecule has 8 rings (SSSR count). The molecule has 4 heterocycles. The Bertz CT molecular complexity index is 2550. The molecule has 0 saturated heterocycles. The van der Waals surface area contributed by atoms with Crippen molar-refractivity contribution in [3.8, 4) is 33.8 Å². The van der Waals surface area contributed by atoms with E-state index in [9.17, 15) is 0 Å². The van der Waals surface area contributed by atoms with Gasteiger partial charge in [0.15, 0.2) is 0 Å². The largest absolute Gasteiger partial charge is 0.486 e. The van der Waals surface area contributed by atoms with Gasteiger partial charge in [-0.25, -0.2) is 4.98 Å². The van der Waals surface area contributed by atoms with Gasteiger partial charge in [-0.15, -0.1) is 23.8 Å². The molecule has 0 unspecified atom stereocenters. The molecule has 1 aliphatic carbocycles. The number of furan rings is 1. The molecule has 1 fully saturated rings. The summed E-state index contributed by atoms with van der Waals surface area (Å²) >= 11 is -1.90. The quantitative estimate of drug-likeness (QED) is 0.112. The van der Waals surface area contributed by atoms with Crippen molar-refractivity contribution < 1.29 is 24.5 Å². The molecule has 0 amide bonds. The molecular formula is C53H61GeIrN3O-2. The summed E-state index contributed by atoms with van der Waals surface area (Å²) in [7, 11) is 0. The van der Waals surface area contributed by atoms with E-state index in [0.717, 1.165) is 63.3 Å². The van der Waals surface area contributed by atoms with E-state index in [4.69, 9.17) is 19.4 Å². The molecule has 309 valence electrons. The molecule has 0 bridgehead atoms. The van der Waals surface area contributed by atoms with Gasteiger partial charge in [0, 0.05) is 37.3 Å². The molecule has 1 radical (unpaired) electrons. The Morgan fingerprint density at radius 1 is 0.780 bits per heavy atom. The number of aromatic nitrogens is 3. The number of nitrogens with zero attached hydrogens (tertiary/aromatic N) is 3. The van der Waals surface area contributed by atoms with E-state index < -0.39 is 13.3 Å². The molecule has 59 heavy (non-hydrogen) atoms. The van der Waals surface area contributed by atoms with Crippen molar-refractivity contribution in [1.82, 2.24) is 15.0 Å². The summed E-state index contributed by atoms with van der Waals surface area (Å²) in [5.41, 5.74) is 16.1. The van der Waals surface area contributed by atoms with Gasteiger partial charge in [-0.1, -0.05) is 63.1 Å². The molecule has 1 aliphatic rings. The van der Waals surface area contributed by atoms with Crippen LogP contribution in [0.4, 0.5) is 0 Å². The number of benzene rings is 3. The van der Waals surface area contributed by atoms with Crippen molar-refractivity contribution in [3.05, 3.63) is 131 Å². The van der Waals surface area contributed by atoms with Crippen LogP contribution in [0, 0.1) is 44.2 Å². The average molecular weight is 1020 g/mol. The fourth-order valence-corrected chi connectivity index (χ4v) is 12.0. The van der Waals surface area contributed by atoms with Gasteiger partial charge in [-0.2, -0.15) is 0 Å². The maximum Gasteiger partial charge on any atom is 0.216 e. The Morgan fingerprint density at radius 3 is 2.15 bits per heavy atom. The third kappa shape index (κ3) is 10.4. The summed E-state index contributed by atoms with van der Waals surface area (Å²) in [6.45, 7) is 17.9. The van der Waals surface area contributed by atoms with Crippen LogP contribution < -0.4 is 4.40 Å². The number of aryl methyl sites for hydroxylation is 2. The van der Waals surface area contributed by atoms with Crippen molar-refractivity contribution in [2.24, 2.45) is 11.3 Å². The van der Waals surface area contributed by atoms with Crippen LogP contribution in [0.2, 0.25) is 17.3 Å². The van der Waals surface area contributed by atoms with E-state index in [2.05, 4.69) is 146 Å².